The van der Waals surface area contributed by atoms with Crippen LogP contribution in [-0.4, -0.2) is 63.7 Å². The van der Waals surface area contributed by atoms with E-state index in [0.29, 0.717) is 37.8 Å². The van der Waals surface area contributed by atoms with E-state index in [-0.39, 0.29) is 6.61 Å². The molecular formula is C23H33NO5. The van der Waals surface area contributed by atoms with Crippen LogP contribution in [0.5, 0.6) is 17.2 Å². The van der Waals surface area contributed by atoms with Crippen LogP contribution in [-0.2, 0) is 11.3 Å². The molecule has 0 saturated carbocycles. The molecule has 0 aliphatic carbocycles. The Bertz CT molecular complexity index is 765. The Morgan fingerprint density at radius 1 is 0.931 bits per heavy atom. The Morgan fingerprint density at radius 2 is 1.69 bits per heavy atom. The molecule has 0 saturated heterocycles. The lowest BCUT2D eigenvalue weighted by atomic mass is 10.1. The van der Waals surface area contributed by atoms with Crippen LogP contribution in [0.2, 0.25) is 0 Å². The second-order valence-corrected chi connectivity index (χ2v) is 7.26. The van der Waals surface area contributed by atoms with Gasteiger partial charge in [-0.05, 0) is 50.2 Å². The van der Waals surface area contributed by atoms with Crippen molar-refractivity contribution in [1.29, 1.82) is 0 Å². The lowest BCUT2D eigenvalue weighted by Crippen LogP contribution is -2.32. The Labute approximate surface area is 174 Å². The zero-order chi connectivity index (χ0) is 21.2. The number of ether oxygens (including phenoxy) is 4. The second kappa shape index (κ2) is 11.7. The minimum atomic E-state index is -0.587. The Hall–Kier alpha value is -2.28. The molecule has 6 heteroatoms. The molecule has 6 nitrogen and oxygen atoms in total. The standard InChI is InChI=1S/C23H33NO5/c1-17-6-8-21(18(2)12-17)29-16-20(25)15-24(3)14-19-7-9-22(27-5)23(13-19)28-11-10-26-4/h6-9,12-13,20,25H,10-11,14-16H2,1-5H3. The molecule has 0 bridgehead atoms. The third-order valence-electron chi connectivity index (χ3n) is 4.51. The molecular weight excluding hydrogens is 370 g/mol. The van der Waals surface area contributed by atoms with Crippen molar-refractivity contribution in [2.75, 3.05) is 47.6 Å². The minimum absolute atomic E-state index is 0.252. The van der Waals surface area contributed by atoms with E-state index >= 15 is 0 Å². The molecule has 2 aromatic carbocycles. The number of benzene rings is 2. The molecule has 0 amide bonds. The van der Waals surface area contributed by atoms with Gasteiger partial charge in [0.2, 0.25) is 0 Å². The number of nitrogens with zero attached hydrogens (tertiary/aromatic N) is 1. The predicted molar refractivity (Wildman–Crippen MR) is 114 cm³/mol. The van der Waals surface area contributed by atoms with E-state index in [2.05, 4.69) is 11.0 Å². The van der Waals surface area contributed by atoms with Crippen molar-refractivity contribution >= 4 is 0 Å². The predicted octanol–water partition coefficient (Wildman–Crippen LogP) is 3.21. The summed E-state index contributed by atoms with van der Waals surface area (Å²) in [6, 6.07) is 11.9. The number of rotatable bonds is 12. The maximum Gasteiger partial charge on any atom is 0.161 e. The van der Waals surface area contributed by atoms with Gasteiger partial charge in [0.15, 0.2) is 11.5 Å². The molecule has 1 N–H and O–H groups in total. The Kier molecular flexibility index (Phi) is 9.25. The van der Waals surface area contributed by atoms with Gasteiger partial charge < -0.3 is 24.1 Å². The third-order valence-corrected chi connectivity index (χ3v) is 4.51. The summed E-state index contributed by atoms with van der Waals surface area (Å²) in [5, 5.41) is 10.4. The summed E-state index contributed by atoms with van der Waals surface area (Å²) in [5.41, 5.74) is 3.34. The van der Waals surface area contributed by atoms with Gasteiger partial charge in [0, 0.05) is 20.2 Å². The van der Waals surface area contributed by atoms with Crippen LogP contribution in [0.15, 0.2) is 36.4 Å². The molecule has 0 radical (unpaired) electrons. The topological polar surface area (TPSA) is 60.4 Å². The van der Waals surface area contributed by atoms with Crippen LogP contribution >= 0.6 is 0 Å². The molecule has 2 rings (SSSR count). The van der Waals surface area contributed by atoms with Gasteiger partial charge in [-0.2, -0.15) is 0 Å². The molecule has 0 aliphatic heterocycles. The number of hydrogen-bond donors (Lipinski definition) is 1. The zero-order valence-electron chi connectivity index (χ0n) is 18.1. The summed E-state index contributed by atoms with van der Waals surface area (Å²) >= 11 is 0. The van der Waals surface area contributed by atoms with E-state index in [0.717, 1.165) is 16.9 Å². The number of methoxy groups -OCH3 is 2. The highest BCUT2D eigenvalue weighted by atomic mass is 16.5. The maximum absolute atomic E-state index is 10.4. The van der Waals surface area contributed by atoms with Crippen molar-refractivity contribution < 1.29 is 24.1 Å². The largest absolute Gasteiger partial charge is 0.493 e. The van der Waals surface area contributed by atoms with Gasteiger partial charge in [-0.15, -0.1) is 0 Å². The third kappa shape index (κ3) is 7.57. The fourth-order valence-electron chi connectivity index (χ4n) is 3.10. The van der Waals surface area contributed by atoms with Crippen molar-refractivity contribution in [2.45, 2.75) is 26.5 Å². The van der Waals surface area contributed by atoms with Crippen LogP contribution in [0, 0.1) is 13.8 Å². The van der Waals surface area contributed by atoms with Crippen molar-refractivity contribution in [2.24, 2.45) is 0 Å². The van der Waals surface area contributed by atoms with Crippen LogP contribution in [0.4, 0.5) is 0 Å². The summed E-state index contributed by atoms with van der Waals surface area (Å²) in [6.07, 6.45) is -0.587. The lowest BCUT2D eigenvalue weighted by molar-refractivity contribution is 0.0741. The van der Waals surface area contributed by atoms with Gasteiger partial charge in [0.25, 0.3) is 0 Å². The molecule has 0 heterocycles. The van der Waals surface area contributed by atoms with E-state index in [1.54, 1.807) is 14.2 Å². The summed E-state index contributed by atoms with van der Waals surface area (Å²) < 4.78 is 21.9. The van der Waals surface area contributed by atoms with Crippen molar-refractivity contribution in [3.05, 3.63) is 53.1 Å². The molecule has 0 fully saturated rings. The van der Waals surface area contributed by atoms with Gasteiger partial charge in [-0.25, -0.2) is 0 Å². The van der Waals surface area contributed by atoms with Gasteiger partial charge in [0.05, 0.1) is 13.7 Å². The summed E-state index contributed by atoms with van der Waals surface area (Å²) in [5.74, 6) is 2.19. The highest BCUT2D eigenvalue weighted by Gasteiger charge is 2.12. The first-order valence-electron chi connectivity index (χ1n) is 9.78. The van der Waals surface area contributed by atoms with Gasteiger partial charge >= 0.3 is 0 Å². The summed E-state index contributed by atoms with van der Waals surface area (Å²) in [6.45, 7) is 6.45. The van der Waals surface area contributed by atoms with Crippen molar-refractivity contribution in [3.8, 4) is 17.2 Å². The van der Waals surface area contributed by atoms with Gasteiger partial charge in [-0.1, -0.05) is 23.8 Å². The smallest absolute Gasteiger partial charge is 0.161 e. The van der Waals surface area contributed by atoms with E-state index in [1.807, 2.05) is 51.2 Å². The highest BCUT2D eigenvalue weighted by Crippen LogP contribution is 2.28. The number of aliphatic hydroxyl groups is 1. The molecule has 1 atom stereocenters. The molecule has 0 spiro atoms. The van der Waals surface area contributed by atoms with Crippen molar-refractivity contribution in [1.82, 2.24) is 4.90 Å². The first-order valence-corrected chi connectivity index (χ1v) is 9.78. The zero-order valence-corrected chi connectivity index (χ0v) is 18.1. The Balaban J connectivity index is 1.87. The highest BCUT2D eigenvalue weighted by molar-refractivity contribution is 5.43. The number of likely N-dealkylation sites (N-methyl/N-ethyl adjacent to an activating group) is 1. The van der Waals surface area contributed by atoms with Crippen molar-refractivity contribution in [3.63, 3.8) is 0 Å². The van der Waals surface area contributed by atoms with Gasteiger partial charge in [0.1, 0.15) is 25.1 Å². The molecule has 0 aromatic heterocycles. The monoisotopic (exact) mass is 403 g/mol. The molecule has 0 aliphatic rings. The van der Waals surface area contributed by atoms with Crippen LogP contribution in [0.25, 0.3) is 0 Å². The number of hydrogen-bond acceptors (Lipinski definition) is 6. The number of aryl methyl sites for hydroxylation is 2. The molecule has 1 unspecified atom stereocenters. The number of aliphatic hydroxyl groups excluding tert-OH is 1. The average Bonchev–Trinajstić information content (AvgIpc) is 2.67. The fourth-order valence-corrected chi connectivity index (χ4v) is 3.10. The summed E-state index contributed by atoms with van der Waals surface area (Å²) in [4.78, 5) is 2.05. The lowest BCUT2D eigenvalue weighted by Gasteiger charge is -2.22. The Morgan fingerprint density at radius 3 is 2.38 bits per heavy atom. The SMILES string of the molecule is COCCOc1cc(CN(C)CC(O)COc2ccc(C)cc2C)ccc1OC. The quantitative estimate of drug-likeness (QED) is 0.549. The van der Waals surface area contributed by atoms with Crippen LogP contribution in [0.3, 0.4) is 0 Å². The first kappa shape index (κ1) is 23.0. The van der Waals surface area contributed by atoms with Crippen LogP contribution < -0.4 is 14.2 Å². The molecule has 2 aromatic rings. The average molecular weight is 404 g/mol. The van der Waals surface area contributed by atoms with E-state index in [9.17, 15) is 5.11 Å². The van der Waals surface area contributed by atoms with Crippen LogP contribution in [0.1, 0.15) is 16.7 Å². The van der Waals surface area contributed by atoms with E-state index in [1.165, 1.54) is 5.56 Å². The molecule has 160 valence electrons. The second-order valence-electron chi connectivity index (χ2n) is 7.26. The normalized spacial score (nSPS) is 12.1. The summed E-state index contributed by atoms with van der Waals surface area (Å²) in [7, 11) is 5.23. The maximum atomic E-state index is 10.4. The molecule has 29 heavy (non-hydrogen) atoms. The first-order chi connectivity index (χ1) is 13.9. The van der Waals surface area contributed by atoms with Gasteiger partial charge in [-0.3, -0.25) is 4.90 Å². The van der Waals surface area contributed by atoms with E-state index in [4.69, 9.17) is 18.9 Å². The fraction of sp³-hybridized carbons (Fsp3) is 0.478. The van der Waals surface area contributed by atoms with E-state index < -0.39 is 6.10 Å². The minimum Gasteiger partial charge on any atom is -0.493 e.